The maximum absolute atomic E-state index is 11.6. The zero-order chi connectivity index (χ0) is 36.1. The highest BCUT2D eigenvalue weighted by Gasteiger charge is 2.28. The third-order valence-corrected chi connectivity index (χ3v) is 8.38. The summed E-state index contributed by atoms with van der Waals surface area (Å²) in [7, 11) is 0. The van der Waals surface area contributed by atoms with E-state index < -0.39 is 19.1 Å². The van der Waals surface area contributed by atoms with Gasteiger partial charge in [-0.05, 0) is 77.4 Å². The number of hydrogen-bond acceptors (Lipinski definition) is 4. The van der Waals surface area contributed by atoms with Crippen molar-refractivity contribution in [3.63, 3.8) is 0 Å². The number of aryl methyl sites for hydroxylation is 2. The van der Waals surface area contributed by atoms with Crippen molar-refractivity contribution in [2.45, 2.75) is 33.0 Å². The van der Waals surface area contributed by atoms with E-state index in [1.54, 1.807) is 36.4 Å². The summed E-state index contributed by atoms with van der Waals surface area (Å²) in [6.45, 7) is -0.759. The fraction of sp³-hybridized carbons (Fsp3) is 0.122. The number of rotatable bonds is 6. The summed E-state index contributed by atoms with van der Waals surface area (Å²) in [4.78, 5) is 9.38. The Morgan fingerprint density at radius 1 is 0.689 bits per heavy atom. The molecular weight excluding hydrogens is 552 g/mol. The summed E-state index contributed by atoms with van der Waals surface area (Å²) in [5, 5.41) is 11.6. The Balaban J connectivity index is 1.37. The van der Waals surface area contributed by atoms with Crippen LogP contribution in [-0.4, -0.2) is 15.1 Å². The summed E-state index contributed by atoms with van der Waals surface area (Å²) < 4.78 is 55.5. The molecule has 2 aromatic heterocycles. The van der Waals surface area contributed by atoms with Crippen molar-refractivity contribution in [2.24, 2.45) is 0 Å². The van der Waals surface area contributed by atoms with Gasteiger partial charge < -0.3 is 9.52 Å². The molecule has 0 fully saturated rings. The molecule has 0 unspecified atom stereocenters. The molecule has 0 aliphatic carbocycles. The van der Waals surface area contributed by atoms with Gasteiger partial charge in [-0.2, -0.15) is 0 Å². The highest BCUT2D eigenvalue weighted by atomic mass is 16.3. The van der Waals surface area contributed by atoms with Crippen LogP contribution in [0.25, 0.3) is 56.1 Å². The monoisotopic (exact) mass is 592 g/mol. The third kappa shape index (κ3) is 5.19. The summed E-state index contributed by atoms with van der Waals surface area (Å²) >= 11 is 0. The number of oxazole rings is 1. The number of phenolic OH excluding ortho intramolecular Hbond substituents is 1. The van der Waals surface area contributed by atoms with Crippen LogP contribution in [0, 0.1) is 13.7 Å². The number of hydrogen-bond donors (Lipinski definition) is 1. The van der Waals surface area contributed by atoms with Crippen LogP contribution in [0.15, 0.2) is 132 Å². The Hall–Kier alpha value is -5.48. The van der Waals surface area contributed by atoms with Gasteiger partial charge in [-0.15, -0.1) is 0 Å². The molecule has 4 heteroatoms. The lowest BCUT2D eigenvalue weighted by molar-refractivity contribution is 0.452. The van der Waals surface area contributed by atoms with Gasteiger partial charge >= 0.3 is 0 Å². The second kappa shape index (κ2) is 11.2. The fourth-order valence-corrected chi connectivity index (χ4v) is 5.93. The molecule has 0 amide bonds. The van der Waals surface area contributed by atoms with Gasteiger partial charge in [0.25, 0.3) is 0 Å². The van der Waals surface area contributed by atoms with Crippen LogP contribution >= 0.6 is 0 Å². The molecule has 0 aliphatic heterocycles. The molecule has 0 aliphatic rings. The lowest BCUT2D eigenvalue weighted by atomic mass is 9.77. The normalized spacial score (nSPS) is 14.2. The van der Waals surface area contributed by atoms with E-state index in [1.807, 2.05) is 84.9 Å². The highest BCUT2D eigenvalue weighted by molar-refractivity contribution is 5.93. The summed E-state index contributed by atoms with van der Waals surface area (Å²) in [5.41, 5.74) is 6.13. The lowest BCUT2D eigenvalue weighted by Crippen LogP contribution is -2.19. The second-order valence-corrected chi connectivity index (χ2v) is 11.6. The summed E-state index contributed by atoms with van der Waals surface area (Å²) in [6.07, 6.45) is 1.34. The molecule has 45 heavy (non-hydrogen) atoms. The molecule has 4 nitrogen and oxygen atoms in total. The fourth-order valence-electron chi connectivity index (χ4n) is 5.93. The van der Waals surface area contributed by atoms with Crippen molar-refractivity contribution in [1.82, 2.24) is 9.97 Å². The minimum atomic E-state index is -2.45. The zero-order valence-corrected chi connectivity index (χ0v) is 24.9. The molecule has 220 valence electrons. The lowest BCUT2D eigenvalue weighted by Gasteiger charge is -2.27. The van der Waals surface area contributed by atoms with Crippen molar-refractivity contribution < 1.29 is 17.7 Å². The average Bonchev–Trinajstić information content (AvgIpc) is 3.56. The van der Waals surface area contributed by atoms with E-state index in [-0.39, 0.29) is 22.8 Å². The van der Waals surface area contributed by atoms with E-state index in [4.69, 9.17) is 17.6 Å². The van der Waals surface area contributed by atoms with E-state index >= 15 is 0 Å². The molecule has 0 bridgehead atoms. The molecule has 7 aromatic rings. The summed E-state index contributed by atoms with van der Waals surface area (Å²) in [6, 6.07) is 36.8. The largest absolute Gasteiger partial charge is 0.507 e. The van der Waals surface area contributed by atoms with Crippen molar-refractivity contribution in [2.75, 3.05) is 0 Å². The highest BCUT2D eigenvalue weighted by Crippen LogP contribution is 2.43. The number of nitrogens with zero attached hydrogens (tertiary/aromatic N) is 2. The van der Waals surface area contributed by atoms with Gasteiger partial charge in [0, 0.05) is 36.5 Å². The van der Waals surface area contributed by atoms with Gasteiger partial charge in [0.2, 0.25) is 5.89 Å². The quantitative estimate of drug-likeness (QED) is 0.209. The number of phenols is 1. The van der Waals surface area contributed by atoms with Crippen molar-refractivity contribution in [1.29, 1.82) is 0 Å². The first-order chi connectivity index (χ1) is 24.2. The van der Waals surface area contributed by atoms with Gasteiger partial charge in [-0.1, -0.05) is 105 Å². The average molecular weight is 593 g/mol. The number of pyridine rings is 1. The van der Waals surface area contributed by atoms with Crippen LogP contribution in [0.4, 0.5) is 0 Å². The molecule has 0 saturated carbocycles. The Morgan fingerprint density at radius 3 is 2.20 bits per heavy atom. The van der Waals surface area contributed by atoms with Crippen molar-refractivity contribution >= 4 is 11.1 Å². The number of para-hydroxylation sites is 2. The number of benzene rings is 5. The maximum Gasteiger partial charge on any atom is 0.231 e. The van der Waals surface area contributed by atoms with Crippen LogP contribution in [0.5, 0.6) is 5.75 Å². The number of aromatic nitrogens is 2. The predicted octanol–water partition coefficient (Wildman–Crippen LogP) is 10.5. The first-order valence-electron chi connectivity index (χ1n) is 17.7. The van der Waals surface area contributed by atoms with Gasteiger partial charge in [0.05, 0.1) is 11.3 Å². The second-order valence-electron chi connectivity index (χ2n) is 11.6. The van der Waals surface area contributed by atoms with E-state index in [1.165, 1.54) is 6.20 Å². The van der Waals surface area contributed by atoms with Crippen molar-refractivity contribution in [3.8, 4) is 50.7 Å². The van der Waals surface area contributed by atoms with Crippen LogP contribution in [0.1, 0.15) is 44.3 Å². The van der Waals surface area contributed by atoms with Gasteiger partial charge in [0.15, 0.2) is 5.58 Å². The van der Waals surface area contributed by atoms with Crippen molar-refractivity contribution in [3.05, 3.63) is 150 Å². The SMILES string of the molecule is [2H]C([2H])([2H])c1cc(-c2cc(-c3ccccc3)c(C([2H])([2H])[2H])cn2)cc(-c2cccc3oc(-c4cccc(C(C)(C)c5ccccc5)c4O)nc23)c1. The predicted molar refractivity (Wildman–Crippen MR) is 183 cm³/mol. The molecule has 2 heterocycles. The molecular formula is C41H34N2O2. The molecule has 0 spiro atoms. The van der Waals surface area contributed by atoms with E-state index in [9.17, 15) is 5.11 Å². The maximum atomic E-state index is 11.6. The Bertz CT molecular complexity index is 2380. The molecule has 0 radical (unpaired) electrons. The zero-order valence-electron chi connectivity index (χ0n) is 30.9. The van der Waals surface area contributed by atoms with E-state index in [2.05, 4.69) is 18.8 Å². The Kier molecular flexibility index (Phi) is 5.51. The van der Waals surface area contributed by atoms with Crippen LogP contribution in [0.2, 0.25) is 0 Å². The minimum Gasteiger partial charge on any atom is -0.507 e. The minimum absolute atomic E-state index is 0.0620. The first kappa shape index (κ1) is 22.1. The van der Waals surface area contributed by atoms with E-state index in [0.29, 0.717) is 50.2 Å². The Labute approximate surface area is 272 Å². The smallest absolute Gasteiger partial charge is 0.231 e. The molecule has 0 saturated heterocycles. The topological polar surface area (TPSA) is 59.2 Å². The Morgan fingerprint density at radius 2 is 1.42 bits per heavy atom. The molecule has 0 atom stereocenters. The molecule has 5 aromatic carbocycles. The third-order valence-electron chi connectivity index (χ3n) is 8.38. The number of fused-ring (bicyclic) bond motifs is 1. The first-order valence-corrected chi connectivity index (χ1v) is 14.7. The van der Waals surface area contributed by atoms with E-state index in [0.717, 1.165) is 11.1 Å². The standard InChI is InChI=1S/C41H34N2O2/c1-26-21-29(23-30(22-26)36-24-34(27(2)25-42-36)28-13-7-5-8-14-28)32-17-12-20-37-38(32)43-40(45-37)33-18-11-19-35(39(33)44)41(3,4)31-15-9-6-10-16-31/h5-25,44H,1-4H3/i1D3,2D3. The molecule has 7 rings (SSSR count). The van der Waals surface area contributed by atoms with Crippen LogP contribution < -0.4 is 0 Å². The van der Waals surface area contributed by atoms with Gasteiger partial charge in [0.1, 0.15) is 11.3 Å². The van der Waals surface area contributed by atoms with Gasteiger partial charge in [-0.3, -0.25) is 4.98 Å². The molecule has 1 N–H and O–H groups in total. The summed E-state index contributed by atoms with van der Waals surface area (Å²) in [5.74, 6) is 0.286. The van der Waals surface area contributed by atoms with Crippen LogP contribution in [-0.2, 0) is 5.41 Å². The van der Waals surface area contributed by atoms with Crippen LogP contribution in [0.3, 0.4) is 0 Å². The number of aromatic hydroxyl groups is 1. The van der Waals surface area contributed by atoms with Gasteiger partial charge in [-0.25, -0.2) is 4.98 Å².